The summed E-state index contributed by atoms with van der Waals surface area (Å²) in [5.41, 5.74) is -2.68. The molecule has 0 atom stereocenters. The van der Waals surface area contributed by atoms with Crippen molar-refractivity contribution < 1.29 is 19.9 Å². The van der Waals surface area contributed by atoms with Gasteiger partial charge in [-0.1, -0.05) is 0 Å². The molecule has 1 aromatic carbocycles. The summed E-state index contributed by atoms with van der Waals surface area (Å²) in [6.07, 6.45) is 0.214. The normalized spacial score (nSPS) is 10.1. The van der Waals surface area contributed by atoms with E-state index in [1.165, 1.54) is 0 Å². The number of hydrogen-bond donors (Lipinski definition) is 2. The average molecular weight is 286 g/mol. The van der Waals surface area contributed by atoms with E-state index in [2.05, 4.69) is 5.32 Å². The van der Waals surface area contributed by atoms with E-state index in [1.807, 2.05) is 0 Å². The predicted octanol–water partition coefficient (Wildman–Crippen LogP) is 1.21. The van der Waals surface area contributed by atoms with Crippen LogP contribution in [-0.4, -0.2) is 33.0 Å². The van der Waals surface area contributed by atoms with Crippen LogP contribution in [0.5, 0.6) is 0 Å². The van der Waals surface area contributed by atoms with Gasteiger partial charge in [0.1, 0.15) is 0 Å². The molecule has 0 aliphatic rings. The van der Waals surface area contributed by atoms with Gasteiger partial charge in [-0.2, -0.15) is 0 Å². The molecule has 11 heteroatoms. The first-order chi connectivity index (χ1) is 9.38. The minimum Gasteiger partial charge on any atom is -0.396 e. The number of benzene rings is 1. The number of nitrogens with zero attached hydrogens (tertiary/aromatic N) is 3. The van der Waals surface area contributed by atoms with Crippen LogP contribution >= 0.6 is 0 Å². The smallest absolute Gasteiger partial charge is 0.306 e. The Morgan fingerprint density at radius 3 is 1.85 bits per heavy atom. The number of non-ortho nitro benzene ring substituents is 1. The highest BCUT2D eigenvalue weighted by Crippen LogP contribution is 2.38. The van der Waals surface area contributed by atoms with Crippen molar-refractivity contribution in [3.05, 3.63) is 42.5 Å². The molecular formula is C9H10N4O7. The Kier molecular flexibility index (Phi) is 4.86. The van der Waals surface area contributed by atoms with Crippen LogP contribution in [0.4, 0.5) is 22.7 Å². The van der Waals surface area contributed by atoms with Crippen LogP contribution in [0.25, 0.3) is 0 Å². The Morgan fingerprint density at radius 2 is 1.50 bits per heavy atom. The van der Waals surface area contributed by atoms with Gasteiger partial charge in [-0.3, -0.25) is 30.3 Å². The molecule has 2 N–H and O–H groups in total. The minimum atomic E-state index is -0.947. The second kappa shape index (κ2) is 6.38. The lowest BCUT2D eigenvalue weighted by Crippen LogP contribution is -2.09. The molecule has 0 fully saturated rings. The van der Waals surface area contributed by atoms with E-state index in [9.17, 15) is 30.3 Å². The zero-order valence-corrected chi connectivity index (χ0v) is 10.0. The highest BCUT2D eigenvalue weighted by atomic mass is 16.6. The first kappa shape index (κ1) is 15.2. The van der Waals surface area contributed by atoms with Crippen LogP contribution in [0.1, 0.15) is 6.42 Å². The fraction of sp³-hybridized carbons (Fsp3) is 0.333. The van der Waals surface area contributed by atoms with Gasteiger partial charge in [0.05, 0.1) is 26.9 Å². The Balaban J connectivity index is 3.39. The van der Waals surface area contributed by atoms with Crippen molar-refractivity contribution in [2.24, 2.45) is 0 Å². The summed E-state index contributed by atoms with van der Waals surface area (Å²) in [5.74, 6) is 0. The van der Waals surface area contributed by atoms with Gasteiger partial charge in [0.2, 0.25) is 0 Å². The van der Waals surface area contributed by atoms with E-state index < -0.39 is 37.5 Å². The summed E-state index contributed by atoms with van der Waals surface area (Å²) in [7, 11) is 0. The van der Waals surface area contributed by atoms with Crippen molar-refractivity contribution in [3.8, 4) is 0 Å². The number of nitrogens with one attached hydrogen (secondary N) is 1. The average Bonchev–Trinajstić information content (AvgIpc) is 2.37. The van der Waals surface area contributed by atoms with Gasteiger partial charge in [0.25, 0.3) is 5.69 Å². The number of hydrogen-bond acceptors (Lipinski definition) is 8. The van der Waals surface area contributed by atoms with Crippen LogP contribution < -0.4 is 5.32 Å². The standard InChI is InChI=1S/C9H10N4O7/c14-3-1-2-10-9-7(12(17)18)4-6(11(15)16)5-8(9)13(19)20/h4-5,10,14H,1-3H2. The highest BCUT2D eigenvalue weighted by molar-refractivity contribution is 5.77. The van der Waals surface area contributed by atoms with Gasteiger partial charge in [-0.15, -0.1) is 0 Å². The second-order valence-electron chi connectivity index (χ2n) is 3.63. The van der Waals surface area contributed by atoms with Crippen LogP contribution in [0, 0.1) is 30.3 Å². The lowest BCUT2D eigenvalue weighted by molar-refractivity contribution is -0.401. The van der Waals surface area contributed by atoms with Crippen LogP contribution in [-0.2, 0) is 0 Å². The van der Waals surface area contributed by atoms with Crippen molar-refractivity contribution >= 4 is 22.7 Å². The Morgan fingerprint density at radius 1 is 1.00 bits per heavy atom. The Hall–Kier alpha value is -2.82. The second-order valence-corrected chi connectivity index (χ2v) is 3.63. The van der Waals surface area contributed by atoms with Gasteiger partial charge in [-0.25, -0.2) is 0 Å². The topological polar surface area (TPSA) is 162 Å². The molecule has 0 aliphatic heterocycles. The number of aliphatic hydroxyl groups is 1. The van der Waals surface area contributed by atoms with Crippen molar-refractivity contribution in [1.29, 1.82) is 0 Å². The number of aliphatic hydroxyl groups excluding tert-OH is 1. The molecule has 0 saturated heterocycles. The third-order valence-electron chi connectivity index (χ3n) is 2.32. The summed E-state index contributed by atoms with van der Waals surface area (Å²) >= 11 is 0. The molecule has 0 aliphatic carbocycles. The number of anilines is 1. The fourth-order valence-electron chi connectivity index (χ4n) is 1.46. The molecule has 0 aromatic heterocycles. The van der Waals surface area contributed by atoms with E-state index in [0.29, 0.717) is 12.1 Å². The minimum absolute atomic E-state index is 0.0516. The summed E-state index contributed by atoms with van der Waals surface area (Å²) in [4.78, 5) is 29.5. The van der Waals surface area contributed by atoms with Crippen molar-refractivity contribution in [1.82, 2.24) is 0 Å². The van der Waals surface area contributed by atoms with Crippen LogP contribution in [0.15, 0.2) is 12.1 Å². The monoisotopic (exact) mass is 286 g/mol. The van der Waals surface area contributed by atoms with Crippen molar-refractivity contribution in [2.45, 2.75) is 6.42 Å². The lowest BCUT2D eigenvalue weighted by atomic mass is 10.2. The maximum Gasteiger partial charge on any atom is 0.306 e. The molecule has 0 amide bonds. The molecule has 0 unspecified atom stereocenters. The quantitative estimate of drug-likeness (QED) is 0.429. The molecule has 1 aromatic rings. The summed E-state index contributed by atoms with van der Waals surface area (Å²) in [6.45, 7) is -0.155. The van der Waals surface area contributed by atoms with Gasteiger partial charge in [0, 0.05) is 13.2 Å². The zero-order chi connectivity index (χ0) is 15.3. The SMILES string of the molecule is O=[N+]([O-])c1cc([N+](=O)[O-])c(NCCCO)c([N+](=O)[O-])c1. The molecule has 0 radical (unpaired) electrons. The van der Waals surface area contributed by atoms with Gasteiger partial charge < -0.3 is 10.4 Å². The Bertz CT molecular complexity index is 524. The third kappa shape index (κ3) is 3.35. The van der Waals surface area contributed by atoms with Crippen LogP contribution in [0.2, 0.25) is 0 Å². The first-order valence-electron chi connectivity index (χ1n) is 5.34. The largest absolute Gasteiger partial charge is 0.396 e. The summed E-state index contributed by atoms with van der Waals surface area (Å²) in [5, 5.41) is 43.4. The van der Waals surface area contributed by atoms with E-state index in [1.54, 1.807) is 0 Å². The molecule has 0 saturated carbocycles. The zero-order valence-electron chi connectivity index (χ0n) is 10.0. The van der Waals surface area contributed by atoms with E-state index >= 15 is 0 Å². The van der Waals surface area contributed by atoms with Gasteiger partial charge in [0.15, 0.2) is 5.69 Å². The van der Waals surface area contributed by atoms with Gasteiger partial charge in [-0.05, 0) is 6.42 Å². The molecule has 20 heavy (non-hydrogen) atoms. The number of nitro benzene ring substituents is 3. The molecule has 0 spiro atoms. The van der Waals surface area contributed by atoms with Gasteiger partial charge >= 0.3 is 11.4 Å². The predicted molar refractivity (Wildman–Crippen MR) is 66.6 cm³/mol. The molecule has 11 nitrogen and oxygen atoms in total. The van der Waals surface area contributed by atoms with E-state index in [-0.39, 0.29) is 19.6 Å². The Labute approximate surface area is 111 Å². The maximum atomic E-state index is 10.9. The first-order valence-corrected chi connectivity index (χ1v) is 5.34. The molecule has 1 rings (SSSR count). The van der Waals surface area contributed by atoms with Crippen molar-refractivity contribution in [3.63, 3.8) is 0 Å². The molecule has 0 heterocycles. The lowest BCUT2D eigenvalue weighted by Gasteiger charge is -2.06. The van der Waals surface area contributed by atoms with Crippen LogP contribution in [0.3, 0.4) is 0 Å². The molecular weight excluding hydrogens is 276 g/mol. The third-order valence-corrected chi connectivity index (χ3v) is 2.32. The highest BCUT2D eigenvalue weighted by Gasteiger charge is 2.30. The fourth-order valence-corrected chi connectivity index (χ4v) is 1.46. The molecule has 108 valence electrons. The molecule has 0 bridgehead atoms. The van der Waals surface area contributed by atoms with Crippen molar-refractivity contribution in [2.75, 3.05) is 18.5 Å². The van der Waals surface area contributed by atoms with E-state index in [4.69, 9.17) is 5.11 Å². The summed E-state index contributed by atoms with van der Waals surface area (Å²) < 4.78 is 0. The number of nitro groups is 3. The summed E-state index contributed by atoms with van der Waals surface area (Å²) in [6, 6.07) is 1.29. The number of rotatable bonds is 7. The van der Waals surface area contributed by atoms with E-state index in [0.717, 1.165) is 0 Å². The maximum absolute atomic E-state index is 10.9.